The lowest BCUT2D eigenvalue weighted by atomic mass is 10.0. The van der Waals surface area contributed by atoms with E-state index in [0.717, 1.165) is 30.3 Å². The molecule has 0 bridgehead atoms. The van der Waals surface area contributed by atoms with Gasteiger partial charge in [0.05, 0.1) is 12.1 Å². The summed E-state index contributed by atoms with van der Waals surface area (Å²) in [5.41, 5.74) is -1.52. The first-order chi connectivity index (χ1) is 14.5. The first kappa shape index (κ1) is 23.9. The van der Waals surface area contributed by atoms with E-state index < -0.39 is 52.7 Å². The number of benzene rings is 2. The topological polar surface area (TPSA) is 58.2 Å². The van der Waals surface area contributed by atoms with Crippen LogP contribution in [0.4, 0.5) is 22.0 Å². The van der Waals surface area contributed by atoms with E-state index in [0.29, 0.717) is 0 Å². The van der Waals surface area contributed by atoms with Gasteiger partial charge >= 0.3 is 6.18 Å². The van der Waals surface area contributed by atoms with E-state index in [1.165, 1.54) is 12.1 Å². The van der Waals surface area contributed by atoms with Crippen molar-refractivity contribution in [3.8, 4) is 11.8 Å². The SMILES string of the molecule is CC(C)C(NC(=O)c1c(F)cccc1F)C(=O)NCC#Cc1cccc(C(F)(F)F)c1. The average Bonchev–Trinajstić information content (AvgIpc) is 2.68. The molecule has 0 radical (unpaired) electrons. The molecule has 1 atom stereocenters. The van der Waals surface area contributed by atoms with Gasteiger partial charge in [0.2, 0.25) is 5.91 Å². The van der Waals surface area contributed by atoms with Gasteiger partial charge in [-0.1, -0.05) is 37.8 Å². The number of hydrogen-bond donors (Lipinski definition) is 2. The van der Waals surface area contributed by atoms with Crippen molar-refractivity contribution in [2.24, 2.45) is 5.92 Å². The van der Waals surface area contributed by atoms with Crippen molar-refractivity contribution in [1.29, 1.82) is 0 Å². The molecule has 2 rings (SSSR count). The molecule has 2 aromatic rings. The van der Waals surface area contributed by atoms with Crippen LogP contribution in [-0.4, -0.2) is 24.4 Å². The maximum absolute atomic E-state index is 13.8. The Morgan fingerprint density at radius 1 is 1.03 bits per heavy atom. The Kier molecular flexibility index (Phi) is 7.75. The molecule has 4 nitrogen and oxygen atoms in total. The second-order valence-electron chi connectivity index (χ2n) is 6.89. The molecule has 2 N–H and O–H groups in total. The van der Waals surface area contributed by atoms with Gasteiger partial charge in [-0.15, -0.1) is 0 Å². The fourth-order valence-corrected chi connectivity index (χ4v) is 2.62. The van der Waals surface area contributed by atoms with Gasteiger partial charge in [-0.05, 0) is 36.2 Å². The minimum atomic E-state index is -4.49. The third-order valence-electron chi connectivity index (χ3n) is 4.20. The van der Waals surface area contributed by atoms with Crippen LogP contribution in [0.2, 0.25) is 0 Å². The number of halogens is 5. The van der Waals surface area contributed by atoms with Crippen molar-refractivity contribution in [1.82, 2.24) is 10.6 Å². The van der Waals surface area contributed by atoms with E-state index in [9.17, 15) is 31.5 Å². The highest BCUT2D eigenvalue weighted by Crippen LogP contribution is 2.29. The van der Waals surface area contributed by atoms with Gasteiger partial charge in [0, 0.05) is 5.56 Å². The van der Waals surface area contributed by atoms with Gasteiger partial charge in [-0.2, -0.15) is 13.2 Å². The first-order valence-corrected chi connectivity index (χ1v) is 9.19. The van der Waals surface area contributed by atoms with Crippen LogP contribution in [0.15, 0.2) is 42.5 Å². The van der Waals surface area contributed by atoms with Crippen LogP contribution in [0.3, 0.4) is 0 Å². The molecule has 2 amide bonds. The van der Waals surface area contributed by atoms with E-state index in [-0.39, 0.29) is 12.1 Å². The van der Waals surface area contributed by atoms with E-state index in [1.807, 2.05) is 0 Å². The lowest BCUT2D eigenvalue weighted by molar-refractivity contribution is -0.137. The van der Waals surface area contributed by atoms with E-state index in [1.54, 1.807) is 13.8 Å². The van der Waals surface area contributed by atoms with Crippen molar-refractivity contribution in [2.45, 2.75) is 26.1 Å². The minimum Gasteiger partial charge on any atom is -0.343 e. The molecule has 0 aliphatic rings. The molecule has 0 aliphatic heterocycles. The standard InChI is InChI=1S/C22H19F5N2O2/c1-13(2)19(29-20(30)18-16(23)9-4-10-17(18)24)21(31)28-11-5-7-14-6-3-8-15(12-14)22(25,26)27/h3-4,6,8-10,12-13,19H,11H2,1-2H3,(H,28,31)(H,29,30). The Hall–Kier alpha value is -3.41. The van der Waals surface area contributed by atoms with Crippen LogP contribution < -0.4 is 10.6 Å². The number of hydrogen-bond acceptors (Lipinski definition) is 2. The number of carbonyl (C=O) groups is 2. The fourth-order valence-electron chi connectivity index (χ4n) is 2.62. The molecule has 2 aromatic carbocycles. The molecule has 0 aromatic heterocycles. The number of rotatable bonds is 5. The highest BCUT2D eigenvalue weighted by atomic mass is 19.4. The van der Waals surface area contributed by atoms with E-state index in [2.05, 4.69) is 22.5 Å². The Bertz CT molecular complexity index is 1000. The molecule has 0 aliphatic carbocycles. The molecular weight excluding hydrogens is 419 g/mol. The smallest absolute Gasteiger partial charge is 0.343 e. The summed E-state index contributed by atoms with van der Waals surface area (Å²) >= 11 is 0. The van der Waals surface area contributed by atoms with Crippen molar-refractivity contribution in [3.63, 3.8) is 0 Å². The Morgan fingerprint density at radius 3 is 2.23 bits per heavy atom. The molecule has 31 heavy (non-hydrogen) atoms. The number of amides is 2. The van der Waals surface area contributed by atoms with Crippen LogP contribution in [0.1, 0.15) is 35.3 Å². The van der Waals surface area contributed by atoms with Gasteiger partial charge in [-0.3, -0.25) is 9.59 Å². The average molecular weight is 438 g/mol. The van der Waals surface area contributed by atoms with Crippen molar-refractivity contribution in [3.05, 3.63) is 70.8 Å². The predicted molar refractivity (Wildman–Crippen MR) is 104 cm³/mol. The summed E-state index contributed by atoms with van der Waals surface area (Å²) in [4.78, 5) is 24.6. The zero-order valence-corrected chi connectivity index (χ0v) is 16.6. The van der Waals surface area contributed by atoms with Crippen LogP contribution in [0.25, 0.3) is 0 Å². The number of alkyl halides is 3. The molecule has 9 heteroatoms. The Labute approximate surface area is 175 Å². The predicted octanol–water partition coefficient (Wildman–Crippen LogP) is 3.91. The first-order valence-electron chi connectivity index (χ1n) is 9.19. The van der Waals surface area contributed by atoms with Gasteiger partial charge in [-0.25, -0.2) is 8.78 Å². The highest BCUT2D eigenvalue weighted by molar-refractivity contribution is 5.98. The normalized spacial score (nSPS) is 12.0. The van der Waals surface area contributed by atoms with Crippen molar-refractivity contribution < 1.29 is 31.5 Å². The maximum atomic E-state index is 13.8. The van der Waals surface area contributed by atoms with Crippen molar-refractivity contribution >= 4 is 11.8 Å². The zero-order valence-electron chi connectivity index (χ0n) is 16.6. The molecule has 0 spiro atoms. The zero-order chi connectivity index (χ0) is 23.2. The van der Waals surface area contributed by atoms with Crippen molar-refractivity contribution in [2.75, 3.05) is 6.54 Å². The van der Waals surface area contributed by atoms with Crippen LogP contribution in [0, 0.1) is 29.4 Å². The van der Waals surface area contributed by atoms with E-state index >= 15 is 0 Å². The molecule has 0 saturated carbocycles. The summed E-state index contributed by atoms with van der Waals surface area (Å²) < 4.78 is 65.7. The fraction of sp³-hybridized carbons (Fsp3) is 0.273. The number of nitrogens with one attached hydrogen (secondary N) is 2. The molecule has 0 heterocycles. The summed E-state index contributed by atoms with van der Waals surface area (Å²) in [7, 11) is 0. The van der Waals surface area contributed by atoms with Gasteiger partial charge in [0.1, 0.15) is 23.2 Å². The molecule has 0 saturated heterocycles. The summed E-state index contributed by atoms with van der Waals surface area (Å²) in [5, 5.41) is 4.72. The van der Waals surface area contributed by atoms with Crippen LogP contribution >= 0.6 is 0 Å². The van der Waals surface area contributed by atoms with E-state index in [4.69, 9.17) is 0 Å². The van der Waals surface area contributed by atoms with Gasteiger partial charge in [0.15, 0.2) is 0 Å². The lowest BCUT2D eigenvalue weighted by Gasteiger charge is -2.21. The second kappa shape index (κ2) is 10.1. The van der Waals surface area contributed by atoms with Crippen LogP contribution in [0.5, 0.6) is 0 Å². The quantitative estimate of drug-likeness (QED) is 0.550. The molecule has 164 valence electrons. The number of carbonyl (C=O) groups excluding carboxylic acids is 2. The molecule has 1 unspecified atom stereocenters. The second-order valence-corrected chi connectivity index (χ2v) is 6.89. The summed E-state index contributed by atoms with van der Waals surface area (Å²) in [6, 6.07) is 6.26. The highest BCUT2D eigenvalue weighted by Gasteiger charge is 2.30. The minimum absolute atomic E-state index is 0.118. The largest absolute Gasteiger partial charge is 0.416 e. The summed E-state index contributed by atoms with van der Waals surface area (Å²) in [6.07, 6.45) is -4.49. The van der Waals surface area contributed by atoms with Crippen LogP contribution in [-0.2, 0) is 11.0 Å². The monoisotopic (exact) mass is 438 g/mol. The summed E-state index contributed by atoms with van der Waals surface area (Å²) in [6.45, 7) is 3.04. The Morgan fingerprint density at radius 2 is 1.65 bits per heavy atom. The third kappa shape index (κ3) is 6.54. The third-order valence-corrected chi connectivity index (χ3v) is 4.20. The maximum Gasteiger partial charge on any atom is 0.416 e. The van der Waals surface area contributed by atoms with Gasteiger partial charge < -0.3 is 10.6 Å². The molecular formula is C22H19F5N2O2. The van der Waals surface area contributed by atoms with Gasteiger partial charge in [0.25, 0.3) is 5.91 Å². The Balaban J connectivity index is 2.03. The summed E-state index contributed by atoms with van der Waals surface area (Å²) in [5.74, 6) is 0.753. The molecule has 0 fully saturated rings. The lowest BCUT2D eigenvalue weighted by Crippen LogP contribution is -2.50.